The highest BCUT2D eigenvalue weighted by molar-refractivity contribution is 7.20. The molecule has 0 fully saturated rings. The van der Waals surface area contributed by atoms with Crippen LogP contribution in [0.25, 0.3) is 32.6 Å². The molecule has 0 radical (unpaired) electrons. The number of hydrogen-bond donors (Lipinski definition) is 2. The van der Waals surface area contributed by atoms with E-state index in [1.54, 1.807) is 4.57 Å². The lowest BCUT2D eigenvalue weighted by Crippen LogP contribution is -2.24. The van der Waals surface area contributed by atoms with Crippen LogP contribution in [-0.4, -0.2) is 25.4 Å². The maximum Gasteiger partial charge on any atom is 0.266 e. The number of aryl methyl sites for hydroxylation is 2. The number of H-pyrrole nitrogens is 1. The van der Waals surface area contributed by atoms with Gasteiger partial charge in [-0.15, -0.1) is 11.3 Å². The van der Waals surface area contributed by atoms with Gasteiger partial charge in [-0.3, -0.25) is 14.2 Å². The Morgan fingerprint density at radius 1 is 1.06 bits per heavy atom. The summed E-state index contributed by atoms with van der Waals surface area (Å²) in [6.07, 6.45) is 3.94. The molecule has 0 saturated heterocycles. The molecule has 2 aromatic carbocycles. The predicted octanol–water partition coefficient (Wildman–Crippen LogP) is 5.29. The fourth-order valence-electron chi connectivity index (χ4n) is 4.62. The van der Waals surface area contributed by atoms with E-state index in [2.05, 4.69) is 15.3 Å². The molecule has 7 nitrogen and oxygen atoms in total. The first-order valence-electron chi connectivity index (χ1n) is 11.5. The second kappa shape index (κ2) is 8.22. The topological polar surface area (TPSA) is 92.7 Å². The van der Waals surface area contributed by atoms with Crippen LogP contribution in [0.3, 0.4) is 0 Å². The number of carbonyl (C=O) groups excluding carboxylic acids is 1. The average molecular weight is 470 g/mol. The number of imidazole rings is 1. The molecule has 2 N–H and O–H groups in total. The summed E-state index contributed by atoms with van der Waals surface area (Å²) in [4.78, 5) is 40.2. The molecule has 3 aromatic heterocycles. The maximum atomic E-state index is 13.2. The Morgan fingerprint density at radius 2 is 1.88 bits per heavy atom. The van der Waals surface area contributed by atoms with Gasteiger partial charge in [-0.2, -0.15) is 0 Å². The van der Waals surface area contributed by atoms with E-state index in [0.717, 1.165) is 53.9 Å². The van der Waals surface area contributed by atoms with Gasteiger partial charge in [0, 0.05) is 24.2 Å². The highest BCUT2D eigenvalue weighted by atomic mass is 32.1. The number of rotatable bonds is 3. The molecule has 1 amide bonds. The molecule has 0 unspecified atom stereocenters. The largest absolute Gasteiger partial charge is 0.338 e. The number of fused-ring (bicyclic) bond motifs is 3. The number of nitrogens with zero attached hydrogens (tertiary/aromatic N) is 3. The molecule has 170 valence electrons. The van der Waals surface area contributed by atoms with Crippen molar-refractivity contribution < 1.29 is 4.79 Å². The summed E-state index contributed by atoms with van der Waals surface area (Å²) in [5, 5.41) is 3.54. The van der Waals surface area contributed by atoms with Crippen LogP contribution in [0.1, 0.15) is 40.3 Å². The number of amides is 1. The van der Waals surface area contributed by atoms with Crippen LogP contribution in [0.4, 0.5) is 5.69 Å². The SMILES string of the molecule is Cc1c(C(=O)Nc2ccc(-c3nc4ccccc4[nH]3)cc2)sc2nc3n(c(=O)c12)CCCCC3. The lowest BCUT2D eigenvalue weighted by Gasteiger charge is -2.08. The average Bonchev–Trinajstić information content (AvgIpc) is 3.33. The van der Waals surface area contributed by atoms with Gasteiger partial charge in [-0.05, 0) is 61.7 Å². The molecule has 4 heterocycles. The van der Waals surface area contributed by atoms with E-state index in [9.17, 15) is 9.59 Å². The van der Waals surface area contributed by atoms with Crippen LogP contribution in [0.5, 0.6) is 0 Å². The van der Waals surface area contributed by atoms with E-state index >= 15 is 0 Å². The van der Waals surface area contributed by atoms with Crippen LogP contribution in [0, 0.1) is 6.92 Å². The number of aromatic amines is 1. The number of aromatic nitrogens is 4. The van der Waals surface area contributed by atoms with E-state index in [1.807, 2.05) is 55.5 Å². The van der Waals surface area contributed by atoms with Crippen molar-refractivity contribution in [2.24, 2.45) is 0 Å². The number of thiophene rings is 1. The van der Waals surface area contributed by atoms with Crippen molar-refractivity contribution in [1.82, 2.24) is 19.5 Å². The Balaban J connectivity index is 1.28. The zero-order chi connectivity index (χ0) is 23.2. The molecule has 0 atom stereocenters. The fraction of sp³-hybridized carbons (Fsp3) is 0.231. The molecular weight excluding hydrogens is 446 g/mol. The third kappa shape index (κ3) is 3.51. The van der Waals surface area contributed by atoms with Crippen molar-refractivity contribution in [1.29, 1.82) is 0 Å². The van der Waals surface area contributed by atoms with E-state index in [0.29, 0.717) is 32.9 Å². The second-order valence-electron chi connectivity index (χ2n) is 8.67. The molecule has 0 spiro atoms. The molecule has 6 rings (SSSR count). The number of benzene rings is 2. The Hall–Kier alpha value is -3.78. The number of anilines is 1. The Labute approximate surface area is 199 Å². The zero-order valence-electron chi connectivity index (χ0n) is 18.7. The first kappa shape index (κ1) is 20.8. The first-order chi connectivity index (χ1) is 16.6. The third-order valence-corrected chi connectivity index (χ3v) is 7.61. The van der Waals surface area contributed by atoms with Crippen LogP contribution in [0.15, 0.2) is 53.3 Å². The van der Waals surface area contributed by atoms with Crippen LogP contribution >= 0.6 is 11.3 Å². The summed E-state index contributed by atoms with van der Waals surface area (Å²) in [6.45, 7) is 2.54. The molecular formula is C26H23N5O2S. The first-order valence-corrected chi connectivity index (χ1v) is 12.3. The molecule has 8 heteroatoms. The molecule has 1 aliphatic heterocycles. The molecule has 0 bridgehead atoms. The molecule has 34 heavy (non-hydrogen) atoms. The van der Waals surface area contributed by atoms with Gasteiger partial charge in [0.15, 0.2) is 0 Å². The summed E-state index contributed by atoms with van der Waals surface area (Å²) >= 11 is 1.30. The van der Waals surface area contributed by atoms with E-state index < -0.39 is 0 Å². The van der Waals surface area contributed by atoms with Crippen molar-refractivity contribution in [2.75, 3.05) is 5.32 Å². The van der Waals surface area contributed by atoms with Crippen molar-refractivity contribution in [3.8, 4) is 11.4 Å². The lowest BCUT2D eigenvalue weighted by molar-refractivity contribution is 0.103. The van der Waals surface area contributed by atoms with Gasteiger partial charge in [0.2, 0.25) is 0 Å². The second-order valence-corrected chi connectivity index (χ2v) is 9.66. The lowest BCUT2D eigenvalue weighted by atomic mass is 10.1. The van der Waals surface area contributed by atoms with E-state index in [1.165, 1.54) is 11.3 Å². The van der Waals surface area contributed by atoms with Gasteiger partial charge in [0.1, 0.15) is 16.5 Å². The predicted molar refractivity (Wildman–Crippen MR) is 136 cm³/mol. The Kier molecular flexibility index (Phi) is 5.03. The summed E-state index contributed by atoms with van der Waals surface area (Å²) in [6, 6.07) is 15.5. The Bertz CT molecular complexity index is 1580. The van der Waals surface area contributed by atoms with Crippen molar-refractivity contribution in [3.63, 3.8) is 0 Å². The molecule has 0 saturated carbocycles. The summed E-state index contributed by atoms with van der Waals surface area (Å²) in [5.74, 6) is 1.40. The van der Waals surface area contributed by atoms with Crippen molar-refractivity contribution >= 4 is 44.2 Å². The minimum atomic E-state index is -0.225. The standard InChI is InChI=1S/C26H23N5O2S/c1-15-21-25(30-20-9-3-2-6-14-31(20)26(21)33)34-22(15)24(32)27-17-12-10-16(11-13-17)23-28-18-7-4-5-8-19(18)29-23/h4-5,7-8,10-13H,2-3,6,9,14H2,1H3,(H,27,32)(H,28,29). The molecule has 5 aromatic rings. The Morgan fingerprint density at radius 3 is 2.71 bits per heavy atom. The fourth-order valence-corrected chi connectivity index (χ4v) is 5.70. The van der Waals surface area contributed by atoms with Gasteiger partial charge >= 0.3 is 0 Å². The monoisotopic (exact) mass is 469 g/mol. The number of para-hydroxylation sites is 2. The molecule has 1 aliphatic rings. The maximum absolute atomic E-state index is 13.2. The van der Waals surface area contributed by atoms with Gasteiger partial charge < -0.3 is 10.3 Å². The van der Waals surface area contributed by atoms with Crippen LogP contribution in [-0.2, 0) is 13.0 Å². The van der Waals surface area contributed by atoms with Crippen molar-refractivity contribution in [3.05, 3.63) is 75.1 Å². The van der Waals surface area contributed by atoms with Gasteiger partial charge in [0.25, 0.3) is 11.5 Å². The highest BCUT2D eigenvalue weighted by Gasteiger charge is 2.22. The third-order valence-electron chi connectivity index (χ3n) is 6.42. The number of hydrogen-bond acceptors (Lipinski definition) is 5. The van der Waals surface area contributed by atoms with E-state index in [-0.39, 0.29) is 11.5 Å². The van der Waals surface area contributed by atoms with Crippen LogP contribution < -0.4 is 10.9 Å². The normalized spacial score (nSPS) is 13.7. The quantitative estimate of drug-likeness (QED) is 0.376. The minimum Gasteiger partial charge on any atom is -0.338 e. The highest BCUT2D eigenvalue weighted by Crippen LogP contribution is 2.29. The van der Waals surface area contributed by atoms with Crippen molar-refractivity contribution in [2.45, 2.75) is 39.2 Å². The number of nitrogens with one attached hydrogen (secondary N) is 2. The summed E-state index contributed by atoms with van der Waals surface area (Å²) < 4.78 is 1.80. The minimum absolute atomic E-state index is 0.0233. The zero-order valence-corrected chi connectivity index (χ0v) is 19.5. The smallest absolute Gasteiger partial charge is 0.266 e. The van der Waals surface area contributed by atoms with Gasteiger partial charge in [-0.1, -0.05) is 18.6 Å². The summed E-state index contributed by atoms with van der Waals surface area (Å²) in [5.41, 5.74) is 4.19. The number of carbonyl (C=O) groups is 1. The van der Waals surface area contributed by atoms with Gasteiger partial charge in [0.05, 0.1) is 21.3 Å². The van der Waals surface area contributed by atoms with E-state index in [4.69, 9.17) is 4.98 Å². The molecule has 0 aliphatic carbocycles. The van der Waals surface area contributed by atoms with Crippen LogP contribution in [0.2, 0.25) is 0 Å². The summed E-state index contributed by atoms with van der Waals surface area (Å²) in [7, 11) is 0. The van der Waals surface area contributed by atoms with Gasteiger partial charge in [-0.25, -0.2) is 9.97 Å².